The number of carbonyl (C=O) groups is 2. The molecule has 0 saturated carbocycles. The number of rotatable bonds is 6. The lowest BCUT2D eigenvalue weighted by atomic mass is 10.1. The van der Waals surface area contributed by atoms with Gasteiger partial charge in [0.05, 0.1) is 21.5 Å². The van der Waals surface area contributed by atoms with E-state index in [1.54, 1.807) is 66.7 Å². The second kappa shape index (κ2) is 8.23. The molecule has 2 amide bonds. The lowest BCUT2D eigenvalue weighted by Gasteiger charge is -2.15. The number of fused-ring (bicyclic) bond motifs is 2. The molecule has 1 aliphatic rings. The fraction of sp³-hybridized carbons (Fsp3) is 0.0833. The maximum absolute atomic E-state index is 12.7. The smallest absolute Gasteiger partial charge is 0.299 e. The number of hydrogen-bond acceptors (Lipinski definition) is 6. The van der Waals surface area contributed by atoms with E-state index in [1.807, 2.05) is 0 Å². The van der Waals surface area contributed by atoms with Gasteiger partial charge in [0.25, 0.3) is 21.8 Å². The van der Waals surface area contributed by atoms with Gasteiger partial charge in [-0.15, -0.1) is 5.11 Å². The van der Waals surface area contributed by atoms with Crippen LogP contribution in [0.1, 0.15) is 20.7 Å². The molecule has 0 fully saturated rings. The fourth-order valence-electron chi connectivity index (χ4n) is 3.97. The number of carbonyl (C=O) groups excluding carboxylic acids is 2. The van der Waals surface area contributed by atoms with E-state index >= 15 is 0 Å². The van der Waals surface area contributed by atoms with Gasteiger partial charge in [-0.3, -0.25) is 14.5 Å². The van der Waals surface area contributed by atoms with Crippen LogP contribution < -0.4 is 0 Å². The van der Waals surface area contributed by atoms with Crippen LogP contribution in [-0.4, -0.2) is 41.4 Å². The van der Waals surface area contributed by atoms with Crippen LogP contribution in [0.2, 0.25) is 0 Å². The van der Waals surface area contributed by atoms with E-state index < -0.39 is 21.8 Å². The Morgan fingerprint density at radius 3 is 2.03 bits per heavy atom. The number of sulfonamides is 1. The molecular weight excluding hydrogens is 456 g/mol. The number of nitrogens with zero attached hydrogens (tertiary/aromatic N) is 4. The molecule has 0 spiro atoms. The minimum atomic E-state index is -4.06. The van der Waals surface area contributed by atoms with E-state index in [0.717, 1.165) is 4.90 Å². The fourth-order valence-corrected chi connectivity index (χ4v) is 4.76. The Labute approximate surface area is 194 Å². The zero-order valence-electron chi connectivity index (χ0n) is 17.7. The summed E-state index contributed by atoms with van der Waals surface area (Å²) in [7, 11) is -4.06. The third-order valence-electron chi connectivity index (χ3n) is 5.63. The number of imide groups is 1. The molecule has 0 saturated heterocycles. The van der Waals surface area contributed by atoms with Crippen LogP contribution >= 0.6 is 0 Å². The minimum absolute atomic E-state index is 0.0114. The van der Waals surface area contributed by atoms with Gasteiger partial charge in [-0.25, -0.2) is 0 Å². The molecule has 2 heterocycles. The highest BCUT2D eigenvalue weighted by atomic mass is 32.2. The Hall–Kier alpha value is -4.31. The second-order valence-corrected chi connectivity index (χ2v) is 9.20. The van der Waals surface area contributed by atoms with Gasteiger partial charge in [-0.2, -0.15) is 8.42 Å². The lowest BCUT2D eigenvalue weighted by Crippen LogP contribution is -2.32. The molecule has 0 atom stereocenters. The third-order valence-corrected chi connectivity index (χ3v) is 6.80. The monoisotopic (exact) mass is 474 g/mol. The molecule has 1 N–H and O–H groups in total. The highest BCUT2D eigenvalue weighted by Crippen LogP contribution is 2.39. The van der Waals surface area contributed by atoms with Crippen LogP contribution in [0.15, 0.2) is 93.4 Å². The van der Waals surface area contributed by atoms with Crippen molar-refractivity contribution in [3.05, 3.63) is 90.0 Å². The summed E-state index contributed by atoms with van der Waals surface area (Å²) in [6.45, 7) is 0.0935. The van der Waals surface area contributed by atoms with Gasteiger partial charge in [0, 0.05) is 18.5 Å². The van der Waals surface area contributed by atoms with Crippen molar-refractivity contribution in [2.45, 2.75) is 11.4 Å². The second-order valence-electron chi connectivity index (χ2n) is 7.62. The van der Waals surface area contributed by atoms with Crippen LogP contribution in [0.3, 0.4) is 0 Å². The number of amides is 2. The van der Waals surface area contributed by atoms with Crippen LogP contribution in [0.25, 0.3) is 10.9 Å². The predicted molar refractivity (Wildman–Crippen MR) is 124 cm³/mol. The molecule has 0 unspecified atom stereocenters. The summed E-state index contributed by atoms with van der Waals surface area (Å²) in [5.74, 6) is -1.11. The van der Waals surface area contributed by atoms with Crippen molar-refractivity contribution in [3.63, 3.8) is 0 Å². The molecule has 4 aromatic rings. The molecule has 5 rings (SSSR count). The zero-order valence-corrected chi connectivity index (χ0v) is 18.5. The van der Waals surface area contributed by atoms with E-state index in [-0.39, 0.29) is 29.6 Å². The standard InChI is InChI=1S/C24H18N4O5S/c29-22-17-10-4-5-11-18(17)23(30)28(22)15-14-27-20-13-7-6-12-19(20)21(24(27)31)25-26-34(32,33)16-8-2-1-3-9-16/h1-13,31H,14-15H2. The highest BCUT2D eigenvalue weighted by Gasteiger charge is 2.35. The van der Waals surface area contributed by atoms with E-state index in [2.05, 4.69) is 9.63 Å². The first kappa shape index (κ1) is 21.5. The predicted octanol–water partition coefficient (Wildman–Crippen LogP) is 4.12. The summed E-state index contributed by atoms with van der Waals surface area (Å²) < 4.78 is 30.0. The van der Waals surface area contributed by atoms with Gasteiger partial charge in [0.1, 0.15) is 0 Å². The zero-order chi connectivity index (χ0) is 23.9. The van der Waals surface area contributed by atoms with Crippen molar-refractivity contribution in [1.82, 2.24) is 9.47 Å². The number of aromatic hydroxyl groups is 1. The van der Waals surface area contributed by atoms with Gasteiger partial charge >= 0.3 is 0 Å². The molecule has 3 aromatic carbocycles. The van der Waals surface area contributed by atoms with E-state index in [9.17, 15) is 23.1 Å². The molecule has 170 valence electrons. The summed E-state index contributed by atoms with van der Waals surface area (Å²) in [5, 5.41) is 15.2. The summed E-state index contributed by atoms with van der Waals surface area (Å²) in [6.07, 6.45) is 0. The first-order valence-corrected chi connectivity index (χ1v) is 11.8. The molecule has 10 heteroatoms. The van der Waals surface area contributed by atoms with Crippen molar-refractivity contribution in [2.75, 3.05) is 6.54 Å². The van der Waals surface area contributed by atoms with E-state index in [0.29, 0.717) is 22.0 Å². The molecule has 34 heavy (non-hydrogen) atoms. The highest BCUT2D eigenvalue weighted by molar-refractivity contribution is 7.90. The molecular formula is C24H18N4O5S. The van der Waals surface area contributed by atoms with Crippen LogP contribution in [-0.2, 0) is 16.6 Å². The first-order chi connectivity index (χ1) is 16.4. The van der Waals surface area contributed by atoms with Gasteiger partial charge in [-0.05, 0) is 30.3 Å². The number of hydrogen-bond donors (Lipinski definition) is 1. The van der Waals surface area contributed by atoms with Gasteiger partial charge in [0.2, 0.25) is 5.88 Å². The van der Waals surface area contributed by atoms with E-state index in [4.69, 9.17) is 0 Å². The molecule has 0 bridgehead atoms. The molecule has 0 radical (unpaired) electrons. The van der Waals surface area contributed by atoms with Crippen LogP contribution in [0.5, 0.6) is 5.88 Å². The Morgan fingerprint density at radius 2 is 1.35 bits per heavy atom. The Morgan fingerprint density at radius 1 is 0.765 bits per heavy atom. The summed E-state index contributed by atoms with van der Waals surface area (Å²) >= 11 is 0. The number of benzene rings is 3. The minimum Gasteiger partial charge on any atom is -0.493 e. The molecule has 1 aliphatic heterocycles. The van der Waals surface area contributed by atoms with Gasteiger partial charge < -0.3 is 9.67 Å². The van der Waals surface area contributed by atoms with Crippen molar-refractivity contribution in [3.8, 4) is 5.88 Å². The topological polar surface area (TPSA) is 121 Å². The Bertz CT molecular complexity index is 1540. The quantitative estimate of drug-likeness (QED) is 0.333. The molecule has 0 aliphatic carbocycles. The average Bonchev–Trinajstić information content (AvgIpc) is 3.27. The van der Waals surface area contributed by atoms with Gasteiger partial charge in [-0.1, -0.05) is 53.1 Å². The average molecular weight is 474 g/mol. The van der Waals surface area contributed by atoms with Crippen molar-refractivity contribution < 1.29 is 23.1 Å². The number of aromatic nitrogens is 1. The van der Waals surface area contributed by atoms with Crippen LogP contribution in [0.4, 0.5) is 5.69 Å². The molecule has 9 nitrogen and oxygen atoms in total. The van der Waals surface area contributed by atoms with Crippen molar-refractivity contribution >= 4 is 38.4 Å². The van der Waals surface area contributed by atoms with E-state index in [1.165, 1.54) is 16.7 Å². The summed E-state index contributed by atoms with van der Waals surface area (Å²) in [4.78, 5) is 26.4. The Kier molecular flexibility index (Phi) is 5.21. The maximum Gasteiger partial charge on any atom is 0.299 e. The lowest BCUT2D eigenvalue weighted by molar-refractivity contribution is 0.0648. The largest absolute Gasteiger partial charge is 0.493 e. The molecule has 1 aromatic heterocycles. The summed E-state index contributed by atoms with van der Waals surface area (Å²) in [6, 6.07) is 21.1. The normalized spacial score (nSPS) is 13.8. The van der Waals surface area contributed by atoms with Crippen molar-refractivity contribution in [2.24, 2.45) is 9.63 Å². The summed E-state index contributed by atoms with van der Waals surface area (Å²) in [5.41, 5.74) is 1.23. The maximum atomic E-state index is 12.7. The van der Waals surface area contributed by atoms with Gasteiger partial charge in [0.15, 0.2) is 5.69 Å². The Balaban J connectivity index is 1.47. The SMILES string of the molecule is O=C1c2ccccc2C(=O)N1CCn1c(O)c(N=NS(=O)(=O)c2ccccc2)c2ccccc21. The van der Waals surface area contributed by atoms with Crippen LogP contribution in [0, 0.1) is 0 Å². The van der Waals surface area contributed by atoms with Crippen molar-refractivity contribution in [1.29, 1.82) is 0 Å². The number of para-hydroxylation sites is 1. The first-order valence-electron chi connectivity index (χ1n) is 10.4. The third kappa shape index (κ3) is 3.54.